The fourth-order valence-corrected chi connectivity index (χ4v) is 4.89. The van der Waals surface area contributed by atoms with Gasteiger partial charge in [0.05, 0.1) is 10.9 Å². The van der Waals surface area contributed by atoms with Gasteiger partial charge in [0, 0.05) is 32.2 Å². The van der Waals surface area contributed by atoms with Crippen LogP contribution in [-0.2, 0) is 7.05 Å². The second-order valence-corrected chi connectivity index (χ2v) is 8.62. The van der Waals surface area contributed by atoms with E-state index in [0.717, 1.165) is 55.2 Å². The van der Waals surface area contributed by atoms with E-state index >= 15 is 0 Å². The summed E-state index contributed by atoms with van der Waals surface area (Å²) in [5.41, 5.74) is 7.02. The normalized spacial score (nSPS) is 13.4. The van der Waals surface area contributed by atoms with Crippen LogP contribution in [0.3, 0.4) is 0 Å². The smallest absolute Gasteiger partial charge is 0.228 e. The zero-order valence-electron chi connectivity index (χ0n) is 21.8. The lowest BCUT2D eigenvalue weighted by Crippen LogP contribution is -2.31. The number of hydrogen-bond acceptors (Lipinski definition) is 2. The van der Waals surface area contributed by atoms with Gasteiger partial charge in [0.1, 0.15) is 7.05 Å². The number of benzene rings is 3. The highest BCUT2D eigenvalue weighted by Crippen LogP contribution is 2.40. The molecule has 6 aromatic rings. The molecule has 3 aromatic heterocycles. The molecule has 0 bridgehead atoms. The van der Waals surface area contributed by atoms with E-state index in [9.17, 15) is 0 Å². The molecule has 0 spiro atoms. The van der Waals surface area contributed by atoms with Crippen LogP contribution in [0, 0.1) is 20.7 Å². The molecule has 0 N–H and O–H groups in total. The van der Waals surface area contributed by atoms with Crippen molar-refractivity contribution in [1.82, 2.24) is 4.98 Å². The van der Waals surface area contributed by atoms with Gasteiger partial charge in [-0.15, -0.1) is 0 Å². The Hall–Kier alpha value is -3.98. The van der Waals surface area contributed by atoms with Gasteiger partial charge in [-0.1, -0.05) is 66.7 Å². The van der Waals surface area contributed by atoms with Crippen LogP contribution in [0.4, 0.5) is 0 Å². The Labute approximate surface area is 197 Å². The summed E-state index contributed by atoms with van der Waals surface area (Å²) in [6.07, 6.45) is 1.73. The van der Waals surface area contributed by atoms with Gasteiger partial charge in [-0.25, -0.2) is 9.55 Å². The first kappa shape index (κ1) is 16.6. The molecule has 0 fully saturated rings. The Morgan fingerprint density at radius 1 is 0.848 bits per heavy atom. The van der Waals surface area contributed by atoms with Crippen LogP contribution in [0.2, 0.25) is 0 Å². The standard InChI is InChI=1S/C30H25N2O/c1-18-14-15-24-28-23-13-9-8-12-22(23)20(3)31-30(28)33-29(24)27(18)26-16-25(19(2)17-32(26)4)21-10-6-5-7-11-21/h5-17H,1-4H3/q+1/i2D3. The molecule has 33 heavy (non-hydrogen) atoms. The molecule has 0 unspecified atom stereocenters. The summed E-state index contributed by atoms with van der Waals surface area (Å²) in [4.78, 5) is 4.79. The van der Waals surface area contributed by atoms with E-state index in [-0.39, 0.29) is 0 Å². The third-order valence-electron chi connectivity index (χ3n) is 6.52. The molecule has 3 nitrogen and oxygen atoms in total. The fourth-order valence-electron chi connectivity index (χ4n) is 4.89. The lowest BCUT2D eigenvalue weighted by atomic mass is 9.95. The Bertz CT molecular complexity index is 1800. The van der Waals surface area contributed by atoms with Crippen LogP contribution in [0.5, 0.6) is 0 Å². The van der Waals surface area contributed by atoms with E-state index in [1.54, 1.807) is 6.20 Å². The summed E-state index contributed by atoms with van der Waals surface area (Å²) >= 11 is 0. The van der Waals surface area contributed by atoms with Gasteiger partial charge < -0.3 is 4.42 Å². The van der Waals surface area contributed by atoms with Crippen LogP contribution in [0.15, 0.2) is 83.4 Å². The molecule has 3 aromatic carbocycles. The van der Waals surface area contributed by atoms with Gasteiger partial charge in [-0.2, -0.15) is 0 Å². The number of rotatable bonds is 2. The van der Waals surface area contributed by atoms with E-state index in [1.807, 2.05) is 67.1 Å². The molecule has 160 valence electrons. The first-order valence-corrected chi connectivity index (χ1v) is 11.0. The number of aromatic nitrogens is 2. The second-order valence-electron chi connectivity index (χ2n) is 8.62. The van der Waals surface area contributed by atoms with E-state index in [0.29, 0.717) is 16.8 Å². The number of hydrogen-bond donors (Lipinski definition) is 0. The Kier molecular flexibility index (Phi) is 3.67. The molecule has 0 amide bonds. The van der Waals surface area contributed by atoms with Crippen molar-refractivity contribution in [3.63, 3.8) is 0 Å². The van der Waals surface area contributed by atoms with Crippen molar-refractivity contribution in [2.45, 2.75) is 20.7 Å². The molecular weight excluding hydrogens is 404 g/mol. The first-order valence-electron chi connectivity index (χ1n) is 12.5. The summed E-state index contributed by atoms with van der Waals surface area (Å²) in [7, 11) is 1.89. The SMILES string of the molecule is [2H]C([2H])([2H])c1c[n+](C)c(-c2c(C)ccc3c2oc2nc(C)c4ccccc4c23)cc1-c1ccccc1. The number of nitrogens with zero attached hydrogens (tertiary/aromatic N) is 2. The Morgan fingerprint density at radius 2 is 1.61 bits per heavy atom. The van der Waals surface area contributed by atoms with Crippen molar-refractivity contribution in [2.75, 3.05) is 0 Å². The molecule has 6 rings (SSSR count). The maximum absolute atomic E-state index is 8.17. The molecule has 0 aliphatic heterocycles. The lowest BCUT2D eigenvalue weighted by Gasteiger charge is -2.10. The van der Waals surface area contributed by atoms with Crippen molar-refractivity contribution < 1.29 is 13.1 Å². The number of fused-ring (bicyclic) bond motifs is 5. The summed E-state index contributed by atoms with van der Waals surface area (Å²) in [5.74, 6) is 0. The van der Waals surface area contributed by atoms with Crippen LogP contribution < -0.4 is 4.57 Å². The third kappa shape index (κ3) is 2.96. The Morgan fingerprint density at radius 3 is 2.39 bits per heavy atom. The van der Waals surface area contributed by atoms with E-state index < -0.39 is 6.85 Å². The first-order chi connectivity index (χ1) is 17.2. The van der Waals surface area contributed by atoms with Gasteiger partial charge in [-0.05, 0) is 42.8 Å². The Balaban J connectivity index is 1.72. The predicted molar refractivity (Wildman–Crippen MR) is 135 cm³/mol. The predicted octanol–water partition coefficient (Wildman–Crippen LogP) is 7.22. The van der Waals surface area contributed by atoms with Gasteiger partial charge in [-0.3, -0.25) is 0 Å². The van der Waals surface area contributed by atoms with Gasteiger partial charge in [0.15, 0.2) is 11.8 Å². The zero-order chi connectivity index (χ0) is 25.2. The molecule has 0 atom stereocenters. The summed E-state index contributed by atoms with van der Waals surface area (Å²) in [5, 5.41) is 4.21. The zero-order valence-corrected chi connectivity index (χ0v) is 18.8. The summed E-state index contributed by atoms with van der Waals surface area (Å²) in [6.45, 7) is 1.81. The average Bonchev–Trinajstić information content (AvgIpc) is 3.22. The van der Waals surface area contributed by atoms with Crippen molar-refractivity contribution in [1.29, 1.82) is 0 Å². The highest BCUT2D eigenvalue weighted by atomic mass is 16.3. The molecular formula is C30H25N2O+. The van der Waals surface area contributed by atoms with Crippen molar-refractivity contribution in [3.8, 4) is 22.4 Å². The van der Waals surface area contributed by atoms with E-state index in [2.05, 4.69) is 31.2 Å². The van der Waals surface area contributed by atoms with Crippen molar-refractivity contribution in [2.24, 2.45) is 7.05 Å². The quantitative estimate of drug-likeness (QED) is 0.270. The van der Waals surface area contributed by atoms with Crippen LogP contribution in [0.25, 0.3) is 55.2 Å². The minimum absolute atomic E-state index is 0.317. The topological polar surface area (TPSA) is 29.9 Å². The molecule has 0 radical (unpaired) electrons. The molecule has 3 heteroatoms. The summed E-state index contributed by atoms with van der Waals surface area (Å²) < 4.78 is 32.9. The van der Waals surface area contributed by atoms with Gasteiger partial charge >= 0.3 is 0 Å². The third-order valence-corrected chi connectivity index (χ3v) is 6.52. The molecule has 3 heterocycles. The second kappa shape index (κ2) is 7.28. The van der Waals surface area contributed by atoms with E-state index in [4.69, 9.17) is 13.5 Å². The monoisotopic (exact) mass is 432 g/mol. The number of aryl methyl sites for hydroxylation is 4. The number of pyridine rings is 2. The maximum atomic E-state index is 8.17. The maximum Gasteiger partial charge on any atom is 0.228 e. The fraction of sp³-hybridized carbons (Fsp3) is 0.133. The van der Waals surface area contributed by atoms with Gasteiger partial charge in [0.2, 0.25) is 11.4 Å². The largest absolute Gasteiger partial charge is 0.437 e. The molecule has 0 aliphatic rings. The highest BCUT2D eigenvalue weighted by molar-refractivity contribution is 6.20. The average molecular weight is 433 g/mol. The van der Waals surface area contributed by atoms with Crippen LogP contribution in [-0.4, -0.2) is 4.98 Å². The molecule has 0 saturated heterocycles. The van der Waals surface area contributed by atoms with Gasteiger partial charge in [0.25, 0.3) is 0 Å². The van der Waals surface area contributed by atoms with Crippen molar-refractivity contribution >= 4 is 32.8 Å². The number of furan rings is 1. The lowest BCUT2D eigenvalue weighted by molar-refractivity contribution is -0.660. The molecule has 0 aliphatic carbocycles. The van der Waals surface area contributed by atoms with Crippen LogP contribution in [0.1, 0.15) is 20.9 Å². The molecule has 0 saturated carbocycles. The highest BCUT2D eigenvalue weighted by Gasteiger charge is 2.24. The minimum Gasteiger partial charge on any atom is -0.437 e. The van der Waals surface area contributed by atoms with E-state index in [1.165, 1.54) is 0 Å². The summed E-state index contributed by atoms with van der Waals surface area (Å²) in [6, 6.07) is 24.1. The van der Waals surface area contributed by atoms with Crippen LogP contribution >= 0.6 is 0 Å². The minimum atomic E-state index is -2.25. The van der Waals surface area contributed by atoms with Crippen molar-refractivity contribution in [3.05, 3.63) is 95.8 Å².